The molecular weight excluding hydrogens is 307 g/mol. The predicted molar refractivity (Wildman–Crippen MR) is 56.0 cm³/mol. The Hall–Kier alpha value is -0.440. The lowest BCUT2D eigenvalue weighted by molar-refractivity contribution is 0.00770. The van der Waals surface area contributed by atoms with E-state index < -0.39 is 13.0 Å². The number of hydrogen-bond acceptors (Lipinski definition) is 3. The Morgan fingerprint density at radius 3 is 2.71 bits per heavy atom. The third kappa shape index (κ3) is 2.77. The molecule has 0 saturated heterocycles. The minimum Gasteiger partial charge on any atom is -0.381 e. The smallest absolute Gasteiger partial charge is 0.261 e. The molecule has 0 atom stereocenters. The lowest BCUT2D eigenvalue weighted by atomic mass is 10.4. The van der Waals surface area contributed by atoms with Gasteiger partial charge in [-0.25, -0.2) is 8.78 Å². The average molecular weight is 317 g/mol. The molecule has 1 aromatic heterocycles. The number of nitrogens with zero attached hydrogens (tertiary/aromatic N) is 2. The Labute approximate surface area is 93.5 Å². The van der Waals surface area contributed by atoms with E-state index in [4.69, 9.17) is 10.5 Å². The van der Waals surface area contributed by atoms with Gasteiger partial charge in [0.05, 0.1) is 15.9 Å². The molecule has 0 aliphatic carbocycles. The number of halogens is 3. The van der Waals surface area contributed by atoms with Crippen LogP contribution in [-0.2, 0) is 18.4 Å². The van der Waals surface area contributed by atoms with Crippen LogP contribution in [-0.4, -0.2) is 22.8 Å². The highest BCUT2D eigenvalue weighted by atomic mass is 127. The van der Waals surface area contributed by atoms with Crippen molar-refractivity contribution in [3.8, 4) is 0 Å². The molecule has 0 aliphatic heterocycles. The Morgan fingerprint density at radius 1 is 1.64 bits per heavy atom. The number of alkyl halides is 2. The summed E-state index contributed by atoms with van der Waals surface area (Å²) in [7, 11) is 1.69. The summed E-state index contributed by atoms with van der Waals surface area (Å²) in [6, 6.07) is 0. The number of nitrogen functional groups attached to an aromatic ring is 1. The lowest BCUT2D eigenvalue weighted by Crippen LogP contribution is -2.07. The first-order valence-electron chi connectivity index (χ1n) is 3.85. The first-order chi connectivity index (χ1) is 6.52. The van der Waals surface area contributed by atoms with Gasteiger partial charge < -0.3 is 10.5 Å². The number of aromatic nitrogens is 2. The van der Waals surface area contributed by atoms with Gasteiger partial charge in [0, 0.05) is 7.05 Å². The van der Waals surface area contributed by atoms with Crippen molar-refractivity contribution in [3.63, 3.8) is 0 Å². The average Bonchev–Trinajstić information content (AvgIpc) is 2.31. The molecule has 1 heterocycles. The van der Waals surface area contributed by atoms with Gasteiger partial charge in [-0.15, -0.1) is 0 Å². The molecule has 4 nitrogen and oxygen atoms in total. The highest BCUT2D eigenvalue weighted by Gasteiger charge is 2.12. The summed E-state index contributed by atoms with van der Waals surface area (Å²) in [6.45, 7) is -0.468. The third-order valence-corrected chi connectivity index (χ3v) is 2.78. The first-order valence-corrected chi connectivity index (χ1v) is 4.93. The summed E-state index contributed by atoms with van der Waals surface area (Å²) >= 11 is 2.01. The molecule has 0 aliphatic rings. The molecule has 0 amide bonds. The van der Waals surface area contributed by atoms with E-state index in [0.717, 1.165) is 3.57 Å². The van der Waals surface area contributed by atoms with Gasteiger partial charge in [-0.1, -0.05) is 0 Å². The van der Waals surface area contributed by atoms with E-state index in [2.05, 4.69) is 5.10 Å². The van der Waals surface area contributed by atoms with Crippen LogP contribution in [0.1, 0.15) is 5.69 Å². The van der Waals surface area contributed by atoms with Gasteiger partial charge in [-0.2, -0.15) is 5.10 Å². The Kier molecular flexibility index (Phi) is 4.05. The maximum Gasteiger partial charge on any atom is 0.261 e. The van der Waals surface area contributed by atoms with Crippen LogP contribution >= 0.6 is 22.6 Å². The monoisotopic (exact) mass is 317 g/mol. The third-order valence-electron chi connectivity index (χ3n) is 1.61. The molecule has 1 rings (SSSR count). The van der Waals surface area contributed by atoms with E-state index in [1.165, 1.54) is 4.68 Å². The fraction of sp³-hybridized carbons (Fsp3) is 0.571. The minimum atomic E-state index is -2.45. The molecule has 7 heteroatoms. The molecule has 0 radical (unpaired) electrons. The Bertz CT molecular complexity index is 316. The van der Waals surface area contributed by atoms with E-state index in [1.807, 2.05) is 22.6 Å². The molecule has 0 bridgehead atoms. The Balaban J connectivity index is 2.58. The van der Waals surface area contributed by atoms with Crippen LogP contribution in [0.25, 0.3) is 0 Å². The SMILES string of the molecule is Cn1nc(N)c(I)c1COCC(F)F. The molecule has 14 heavy (non-hydrogen) atoms. The van der Waals surface area contributed by atoms with Gasteiger partial charge in [-0.05, 0) is 22.6 Å². The highest BCUT2D eigenvalue weighted by molar-refractivity contribution is 14.1. The van der Waals surface area contributed by atoms with Gasteiger partial charge in [0.15, 0.2) is 5.82 Å². The van der Waals surface area contributed by atoms with Crippen molar-refractivity contribution < 1.29 is 13.5 Å². The molecule has 0 aromatic carbocycles. The number of ether oxygens (including phenoxy) is 1. The van der Waals surface area contributed by atoms with E-state index in [-0.39, 0.29) is 6.61 Å². The fourth-order valence-corrected chi connectivity index (χ4v) is 1.57. The number of anilines is 1. The summed E-state index contributed by atoms with van der Waals surface area (Å²) in [5.74, 6) is 0.392. The number of hydrogen-bond donors (Lipinski definition) is 1. The van der Waals surface area contributed by atoms with Crippen LogP contribution in [0.2, 0.25) is 0 Å². The summed E-state index contributed by atoms with van der Waals surface area (Å²) < 4.78 is 30.6. The molecule has 0 spiro atoms. The Morgan fingerprint density at radius 2 is 2.29 bits per heavy atom. The summed E-state index contributed by atoms with van der Waals surface area (Å²) in [5.41, 5.74) is 6.24. The van der Waals surface area contributed by atoms with Gasteiger partial charge in [0.2, 0.25) is 0 Å². The zero-order chi connectivity index (χ0) is 10.7. The summed E-state index contributed by atoms with van der Waals surface area (Å²) in [5, 5.41) is 3.93. The molecular formula is C7H10F2IN3O. The van der Waals surface area contributed by atoms with Crippen LogP contribution in [0.4, 0.5) is 14.6 Å². The van der Waals surface area contributed by atoms with Crippen molar-refractivity contribution in [3.05, 3.63) is 9.26 Å². The maximum absolute atomic E-state index is 11.8. The van der Waals surface area contributed by atoms with E-state index in [9.17, 15) is 8.78 Å². The first kappa shape index (κ1) is 11.6. The van der Waals surface area contributed by atoms with Crippen molar-refractivity contribution >= 4 is 28.4 Å². The topological polar surface area (TPSA) is 53.1 Å². The van der Waals surface area contributed by atoms with Crippen molar-refractivity contribution in [2.45, 2.75) is 13.0 Å². The van der Waals surface area contributed by atoms with Crippen LogP contribution < -0.4 is 5.73 Å². The lowest BCUT2D eigenvalue weighted by Gasteiger charge is -2.04. The molecule has 0 saturated carbocycles. The molecule has 80 valence electrons. The van der Waals surface area contributed by atoms with Crippen LogP contribution in [0.5, 0.6) is 0 Å². The largest absolute Gasteiger partial charge is 0.381 e. The molecule has 0 fully saturated rings. The van der Waals surface area contributed by atoms with E-state index in [1.54, 1.807) is 7.05 Å². The van der Waals surface area contributed by atoms with Crippen LogP contribution in [0.15, 0.2) is 0 Å². The highest BCUT2D eigenvalue weighted by Crippen LogP contribution is 2.18. The number of nitrogens with two attached hydrogens (primary N) is 1. The van der Waals surface area contributed by atoms with Crippen molar-refractivity contribution in [2.75, 3.05) is 12.3 Å². The van der Waals surface area contributed by atoms with Crippen molar-refractivity contribution in [2.24, 2.45) is 7.05 Å². The van der Waals surface area contributed by atoms with Crippen LogP contribution in [0, 0.1) is 3.57 Å². The zero-order valence-corrected chi connectivity index (χ0v) is 9.66. The van der Waals surface area contributed by atoms with E-state index in [0.29, 0.717) is 11.5 Å². The van der Waals surface area contributed by atoms with Gasteiger partial charge in [0.1, 0.15) is 6.61 Å². The number of aryl methyl sites for hydroxylation is 1. The second kappa shape index (κ2) is 4.87. The van der Waals surface area contributed by atoms with Gasteiger partial charge >= 0.3 is 0 Å². The predicted octanol–water partition coefficient (Wildman–Crippen LogP) is 1.39. The zero-order valence-electron chi connectivity index (χ0n) is 7.51. The number of rotatable bonds is 4. The molecule has 2 N–H and O–H groups in total. The second-order valence-corrected chi connectivity index (χ2v) is 3.75. The molecule has 1 aromatic rings. The van der Waals surface area contributed by atoms with Crippen molar-refractivity contribution in [1.29, 1.82) is 0 Å². The quantitative estimate of drug-likeness (QED) is 0.854. The summed E-state index contributed by atoms with van der Waals surface area (Å²) in [4.78, 5) is 0. The normalized spacial score (nSPS) is 11.2. The standard InChI is InChI=1S/C7H10F2IN3O/c1-13-4(2-14-3-5(8)9)6(10)7(11)12-13/h5H,2-3H2,1H3,(H2,11,12). The van der Waals surface area contributed by atoms with Gasteiger partial charge in [-0.3, -0.25) is 4.68 Å². The maximum atomic E-state index is 11.8. The van der Waals surface area contributed by atoms with E-state index >= 15 is 0 Å². The minimum absolute atomic E-state index is 0.101. The van der Waals surface area contributed by atoms with Crippen molar-refractivity contribution in [1.82, 2.24) is 9.78 Å². The summed E-state index contributed by atoms with van der Waals surface area (Å²) in [6.07, 6.45) is -2.45. The van der Waals surface area contributed by atoms with Gasteiger partial charge in [0.25, 0.3) is 6.43 Å². The molecule has 0 unspecified atom stereocenters. The second-order valence-electron chi connectivity index (χ2n) is 2.68. The van der Waals surface area contributed by atoms with Crippen LogP contribution in [0.3, 0.4) is 0 Å². The fourth-order valence-electron chi connectivity index (χ4n) is 0.957.